The lowest BCUT2D eigenvalue weighted by Crippen LogP contribution is -2.45. The molecule has 0 aromatic carbocycles. The van der Waals surface area contributed by atoms with Crippen molar-refractivity contribution in [3.8, 4) is 0 Å². The average molecular weight is 1180 g/mol. The summed E-state index contributed by atoms with van der Waals surface area (Å²) < 4.78 is 5.49. The summed E-state index contributed by atoms with van der Waals surface area (Å²) in [6, 6.07) is -0.628. The van der Waals surface area contributed by atoms with Gasteiger partial charge in [-0.1, -0.05) is 391 Å². The van der Waals surface area contributed by atoms with Crippen LogP contribution in [0.3, 0.4) is 0 Å². The minimum atomic E-state index is -0.845. The number of ether oxygens (including phenoxy) is 1. The number of unbranched alkanes of at least 4 members (excludes halogenated alkanes) is 60. The van der Waals surface area contributed by atoms with E-state index in [1.54, 1.807) is 6.08 Å². The number of rotatable bonds is 73. The number of amides is 1. The van der Waals surface area contributed by atoms with E-state index in [9.17, 15) is 19.8 Å². The summed E-state index contributed by atoms with van der Waals surface area (Å²) in [6.45, 7) is 4.95. The lowest BCUT2D eigenvalue weighted by molar-refractivity contribution is -0.143. The first-order valence-electron chi connectivity index (χ1n) is 38.6. The number of aliphatic hydroxyl groups is 2. The molecule has 0 bridgehead atoms. The molecule has 1 amide bonds. The molecule has 2 atom stereocenters. The van der Waals surface area contributed by atoms with E-state index < -0.39 is 12.1 Å². The van der Waals surface area contributed by atoms with Crippen LogP contribution < -0.4 is 5.32 Å². The van der Waals surface area contributed by atoms with E-state index >= 15 is 0 Å². The molecule has 0 aliphatic rings. The molecule has 0 radical (unpaired) electrons. The second kappa shape index (κ2) is 73.8. The predicted octanol–water partition coefficient (Wildman–Crippen LogP) is 25.3. The van der Waals surface area contributed by atoms with Gasteiger partial charge in [0, 0.05) is 12.8 Å². The summed E-state index contributed by atoms with van der Waals surface area (Å²) in [6.07, 6.45) is 94.3. The van der Waals surface area contributed by atoms with Gasteiger partial charge in [-0.3, -0.25) is 9.59 Å². The van der Waals surface area contributed by atoms with Crippen molar-refractivity contribution in [1.82, 2.24) is 5.32 Å². The molecule has 0 aromatic heterocycles. The molecule has 6 nitrogen and oxygen atoms in total. The molecule has 0 aromatic rings. The van der Waals surface area contributed by atoms with Gasteiger partial charge in [0.05, 0.1) is 25.4 Å². The smallest absolute Gasteiger partial charge is 0.305 e. The van der Waals surface area contributed by atoms with Gasteiger partial charge < -0.3 is 20.3 Å². The predicted molar refractivity (Wildman–Crippen MR) is 370 cm³/mol. The Labute approximate surface area is 526 Å². The standard InChI is InChI=1S/C78H151NO5/c1-3-5-7-9-11-13-15-17-18-19-20-21-22-31-34-37-40-43-47-50-54-58-62-66-70-76(81)75(74-80)79-77(82)71-67-63-59-55-51-48-44-41-38-35-32-29-27-25-23-24-26-28-30-33-36-39-42-45-49-53-57-61-65-69-73-84-78(83)72-68-64-60-56-52-46-16-14-12-10-8-6-4-2/h24,26,66,70,75-76,80-81H,3-23,25,27-65,67-69,71-74H2,1-2H3,(H,79,82)/b26-24-,70-66+. The second-order valence-corrected chi connectivity index (χ2v) is 26.7. The van der Waals surface area contributed by atoms with Crippen LogP contribution >= 0.6 is 0 Å². The van der Waals surface area contributed by atoms with Crippen molar-refractivity contribution in [3.05, 3.63) is 24.3 Å². The summed E-state index contributed by atoms with van der Waals surface area (Å²) >= 11 is 0. The van der Waals surface area contributed by atoms with Crippen molar-refractivity contribution in [2.24, 2.45) is 0 Å². The topological polar surface area (TPSA) is 95.9 Å². The van der Waals surface area contributed by atoms with Gasteiger partial charge >= 0.3 is 5.97 Å². The minimum absolute atomic E-state index is 0.0193. The first kappa shape index (κ1) is 82.3. The highest BCUT2D eigenvalue weighted by Gasteiger charge is 2.18. The molecular formula is C78H151NO5. The summed E-state index contributed by atoms with van der Waals surface area (Å²) in [4.78, 5) is 24.6. The molecule has 0 saturated heterocycles. The van der Waals surface area contributed by atoms with Gasteiger partial charge in [0.1, 0.15) is 0 Å². The zero-order valence-electron chi connectivity index (χ0n) is 57.2. The Kier molecular flexibility index (Phi) is 72.3. The molecule has 0 rings (SSSR count). The summed E-state index contributed by atoms with van der Waals surface area (Å²) in [7, 11) is 0. The highest BCUT2D eigenvalue weighted by atomic mass is 16.5. The Balaban J connectivity index is 3.39. The Morgan fingerprint density at radius 3 is 0.845 bits per heavy atom. The maximum atomic E-state index is 12.5. The summed E-state index contributed by atoms with van der Waals surface area (Å²) in [5.74, 6) is -0.0421. The summed E-state index contributed by atoms with van der Waals surface area (Å²) in [5, 5.41) is 23.3. The molecule has 3 N–H and O–H groups in total. The van der Waals surface area contributed by atoms with Gasteiger partial charge in [0.2, 0.25) is 5.91 Å². The Morgan fingerprint density at radius 2 is 0.560 bits per heavy atom. The van der Waals surface area contributed by atoms with E-state index in [1.165, 1.54) is 372 Å². The number of nitrogens with one attached hydrogen (secondary N) is 1. The van der Waals surface area contributed by atoms with E-state index in [0.717, 1.165) is 38.5 Å². The van der Waals surface area contributed by atoms with Crippen LogP contribution in [0.2, 0.25) is 0 Å². The Morgan fingerprint density at radius 1 is 0.321 bits per heavy atom. The Bertz CT molecular complexity index is 1320. The molecule has 0 spiro atoms. The molecule has 0 fully saturated rings. The van der Waals surface area contributed by atoms with Gasteiger partial charge in [-0.05, 0) is 57.8 Å². The molecule has 0 heterocycles. The van der Waals surface area contributed by atoms with Gasteiger partial charge in [-0.2, -0.15) is 0 Å². The highest BCUT2D eigenvalue weighted by molar-refractivity contribution is 5.76. The number of hydrogen-bond donors (Lipinski definition) is 3. The van der Waals surface area contributed by atoms with Crippen LogP contribution in [-0.2, 0) is 14.3 Å². The largest absolute Gasteiger partial charge is 0.466 e. The number of hydrogen-bond acceptors (Lipinski definition) is 5. The molecule has 0 aliphatic heterocycles. The third kappa shape index (κ3) is 69.4. The SMILES string of the molecule is CCCCCCCCCCCCCCCCCCCCCCCC/C=C/C(O)C(CO)NC(=O)CCCCCCCCCCCCCCCC/C=C\CCCCCCCCCCCCCCOC(=O)CCCCCCCCCCCCCCC. The van der Waals surface area contributed by atoms with Crippen LogP contribution in [0, 0.1) is 0 Å². The first-order valence-corrected chi connectivity index (χ1v) is 38.6. The highest BCUT2D eigenvalue weighted by Crippen LogP contribution is 2.20. The third-order valence-electron chi connectivity index (χ3n) is 18.2. The van der Waals surface area contributed by atoms with Crippen LogP contribution in [0.4, 0.5) is 0 Å². The number of carbonyl (C=O) groups excluding carboxylic acids is 2. The van der Waals surface area contributed by atoms with Gasteiger partial charge in [-0.25, -0.2) is 0 Å². The number of carbonyl (C=O) groups is 2. The fourth-order valence-electron chi connectivity index (χ4n) is 12.3. The van der Waals surface area contributed by atoms with E-state index in [-0.39, 0.29) is 18.5 Å². The lowest BCUT2D eigenvalue weighted by Gasteiger charge is -2.20. The van der Waals surface area contributed by atoms with Crippen molar-refractivity contribution in [1.29, 1.82) is 0 Å². The number of esters is 1. The molecular weight excluding hydrogens is 1030 g/mol. The van der Waals surface area contributed by atoms with Gasteiger partial charge in [0.25, 0.3) is 0 Å². The average Bonchev–Trinajstić information content (AvgIpc) is 3.53. The van der Waals surface area contributed by atoms with Crippen LogP contribution in [0.5, 0.6) is 0 Å². The fraction of sp³-hybridized carbons (Fsp3) is 0.923. The zero-order chi connectivity index (χ0) is 60.6. The molecule has 498 valence electrons. The zero-order valence-corrected chi connectivity index (χ0v) is 57.2. The Hall–Kier alpha value is -1.66. The van der Waals surface area contributed by atoms with Crippen molar-refractivity contribution >= 4 is 11.9 Å². The molecule has 0 aliphatic carbocycles. The molecule has 6 heteroatoms. The van der Waals surface area contributed by atoms with E-state index in [4.69, 9.17) is 4.74 Å². The van der Waals surface area contributed by atoms with Crippen molar-refractivity contribution < 1.29 is 24.5 Å². The van der Waals surface area contributed by atoms with Crippen molar-refractivity contribution in [3.63, 3.8) is 0 Å². The molecule has 0 saturated carbocycles. The lowest BCUT2D eigenvalue weighted by atomic mass is 10.0. The van der Waals surface area contributed by atoms with Crippen LogP contribution in [0.1, 0.15) is 438 Å². The maximum Gasteiger partial charge on any atom is 0.305 e. The summed E-state index contributed by atoms with van der Waals surface area (Å²) in [5.41, 5.74) is 0. The maximum absolute atomic E-state index is 12.5. The van der Waals surface area contributed by atoms with E-state index in [2.05, 4.69) is 31.3 Å². The van der Waals surface area contributed by atoms with Gasteiger partial charge in [-0.15, -0.1) is 0 Å². The van der Waals surface area contributed by atoms with E-state index in [0.29, 0.717) is 19.4 Å². The van der Waals surface area contributed by atoms with E-state index in [1.807, 2.05) is 6.08 Å². The molecule has 2 unspecified atom stereocenters. The molecule has 84 heavy (non-hydrogen) atoms. The monoisotopic (exact) mass is 1180 g/mol. The van der Waals surface area contributed by atoms with Crippen molar-refractivity contribution in [2.45, 2.75) is 450 Å². The minimum Gasteiger partial charge on any atom is -0.466 e. The van der Waals surface area contributed by atoms with Gasteiger partial charge in [0.15, 0.2) is 0 Å². The second-order valence-electron chi connectivity index (χ2n) is 26.7. The third-order valence-corrected chi connectivity index (χ3v) is 18.2. The fourth-order valence-corrected chi connectivity index (χ4v) is 12.3. The van der Waals surface area contributed by atoms with Crippen LogP contribution in [0.25, 0.3) is 0 Å². The first-order chi connectivity index (χ1) is 41.5. The normalized spacial score (nSPS) is 12.6. The number of allylic oxidation sites excluding steroid dienone is 3. The quantitative estimate of drug-likeness (QED) is 0.0320. The number of aliphatic hydroxyl groups excluding tert-OH is 2. The van der Waals surface area contributed by atoms with Crippen LogP contribution in [-0.4, -0.2) is 47.4 Å². The van der Waals surface area contributed by atoms with Crippen LogP contribution in [0.15, 0.2) is 24.3 Å². The van der Waals surface area contributed by atoms with Crippen molar-refractivity contribution in [2.75, 3.05) is 13.2 Å².